The van der Waals surface area contributed by atoms with E-state index in [1.54, 1.807) is 24.7 Å². The molecule has 1 aliphatic heterocycles. The van der Waals surface area contributed by atoms with E-state index >= 15 is 0 Å². The summed E-state index contributed by atoms with van der Waals surface area (Å²) in [6, 6.07) is 7.49. The molecule has 3 rings (SSSR count). The number of anilines is 1. The molecular weight excluding hydrogens is 278 g/mol. The van der Waals surface area contributed by atoms with Crippen molar-refractivity contribution in [1.82, 2.24) is 20.3 Å². The minimum absolute atomic E-state index is 0.0266. The van der Waals surface area contributed by atoms with E-state index in [2.05, 4.69) is 25.2 Å². The van der Waals surface area contributed by atoms with Crippen molar-refractivity contribution in [3.8, 4) is 0 Å². The van der Waals surface area contributed by atoms with Crippen LogP contribution < -0.4 is 10.2 Å². The van der Waals surface area contributed by atoms with Gasteiger partial charge in [-0.1, -0.05) is 6.07 Å². The van der Waals surface area contributed by atoms with E-state index in [0.717, 1.165) is 25.1 Å². The van der Waals surface area contributed by atoms with E-state index in [1.807, 2.05) is 18.2 Å². The van der Waals surface area contributed by atoms with Crippen LogP contribution in [0.3, 0.4) is 0 Å². The van der Waals surface area contributed by atoms with Crippen LogP contribution in [0.2, 0.25) is 0 Å². The zero-order chi connectivity index (χ0) is 15.2. The Kier molecular flexibility index (Phi) is 4.58. The molecule has 1 N–H and O–H groups in total. The Labute approximate surface area is 129 Å². The molecule has 0 spiro atoms. The molecule has 1 aliphatic rings. The van der Waals surface area contributed by atoms with Gasteiger partial charge in [0.05, 0.1) is 18.2 Å². The maximum Gasteiger partial charge on any atom is 0.225 e. The average Bonchev–Trinajstić information content (AvgIpc) is 2.61. The van der Waals surface area contributed by atoms with Crippen LogP contribution in [0.25, 0.3) is 0 Å². The number of pyridine rings is 1. The molecule has 1 fully saturated rings. The highest BCUT2D eigenvalue weighted by Crippen LogP contribution is 2.20. The molecule has 0 bridgehead atoms. The van der Waals surface area contributed by atoms with Gasteiger partial charge in [0.15, 0.2) is 0 Å². The zero-order valence-corrected chi connectivity index (χ0v) is 12.4. The molecule has 6 heteroatoms. The van der Waals surface area contributed by atoms with Gasteiger partial charge in [0, 0.05) is 31.7 Å². The molecular formula is C16H19N5O. The molecule has 0 aromatic carbocycles. The fourth-order valence-corrected chi connectivity index (χ4v) is 2.65. The number of rotatable bonds is 4. The molecule has 114 valence electrons. The fraction of sp³-hybridized carbons (Fsp3) is 0.375. The van der Waals surface area contributed by atoms with Crippen molar-refractivity contribution in [3.63, 3.8) is 0 Å². The maximum atomic E-state index is 12.3. The van der Waals surface area contributed by atoms with Crippen molar-refractivity contribution in [2.45, 2.75) is 19.4 Å². The quantitative estimate of drug-likeness (QED) is 0.924. The summed E-state index contributed by atoms with van der Waals surface area (Å²) in [5.74, 6) is 0.747. The topological polar surface area (TPSA) is 71.0 Å². The van der Waals surface area contributed by atoms with Crippen LogP contribution in [0, 0.1) is 5.92 Å². The monoisotopic (exact) mass is 297 g/mol. The number of nitrogens with one attached hydrogen (secondary N) is 1. The Hall–Kier alpha value is -2.50. The van der Waals surface area contributed by atoms with E-state index in [0.29, 0.717) is 19.0 Å². The lowest BCUT2D eigenvalue weighted by Gasteiger charge is -2.31. The average molecular weight is 297 g/mol. The van der Waals surface area contributed by atoms with Gasteiger partial charge in [-0.25, -0.2) is 9.97 Å². The lowest BCUT2D eigenvalue weighted by Crippen LogP contribution is -2.43. The van der Waals surface area contributed by atoms with Gasteiger partial charge in [-0.05, 0) is 31.0 Å². The van der Waals surface area contributed by atoms with Crippen LogP contribution in [0.1, 0.15) is 18.5 Å². The molecule has 2 aromatic heterocycles. The van der Waals surface area contributed by atoms with Crippen molar-refractivity contribution in [2.24, 2.45) is 5.92 Å². The SMILES string of the molecule is O=C(NCc1ccccn1)[C@H]1CCCN(c2ncccn2)C1. The lowest BCUT2D eigenvalue weighted by molar-refractivity contribution is -0.125. The second-order valence-electron chi connectivity index (χ2n) is 5.37. The van der Waals surface area contributed by atoms with Gasteiger partial charge in [-0.2, -0.15) is 0 Å². The standard InChI is InChI=1S/C16H19N5O/c22-15(20-11-14-6-1-2-7-17-14)13-5-3-10-21(12-13)16-18-8-4-9-19-16/h1-2,4,6-9,13H,3,5,10-12H2,(H,20,22)/t13-/m0/s1. The van der Waals surface area contributed by atoms with Crippen LogP contribution in [0.5, 0.6) is 0 Å². The minimum atomic E-state index is -0.0266. The molecule has 0 unspecified atom stereocenters. The smallest absolute Gasteiger partial charge is 0.225 e. The number of amides is 1. The van der Waals surface area contributed by atoms with Gasteiger partial charge in [0.25, 0.3) is 0 Å². The second-order valence-corrected chi connectivity index (χ2v) is 5.37. The van der Waals surface area contributed by atoms with Gasteiger partial charge in [0.2, 0.25) is 11.9 Å². The second kappa shape index (κ2) is 6.98. The lowest BCUT2D eigenvalue weighted by atomic mass is 9.97. The predicted octanol–water partition coefficient (Wildman–Crippen LogP) is 1.40. The largest absolute Gasteiger partial charge is 0.350 e. The van der Waals surface area contributed by atoms with Crippen LogP contribution >= 0.6 is 0 Å². The number of nitrogens with zero attached hydrogens (tertiary/aromatic N) is 4. The summed E-state index contributed by atoms with van der Waals surface area (Å²) < 4.78 is 0. The Morgan fingerprint density at radius 2 is 2.00 bits per heavy atom. The number of hydrogen-bond donors (Lipinski definition) is 1. The van der Waals surface area contributed by atoms with E-state index in [1.165, 1.54) is 0 Å². The van der Waals surface area contributed by atoms with Crippen molar-refractivity contribution < 1.29 is 4.79 Å². The van der Waals surface area contributed by atoms with E-state index in [9.17, 15) is 4.79 Å². The van der Waals surface area contributed by atoms with Crippen molar-refractivity contribution in [3.05, 3.63) is 48.5 Å². The summed E-state index contributed by atoms with van der Waals surface area (Å²) in [7, 11) is 0. The van der Waals surface area contributed by atoms with Gasteiger partial charge in [-0.15, -0.1) is 0 Å². The van der Waals surface area contributed by atoms with Crippen molar-refractivity contribution in [2.75, 3.05) is 18.0 Å². The molecule has 0 radical (unpaired) electrons. The van der Waals surface area contributed by atoms with E-state index in [-0.39, 0.29) is 11.8 Å². The third-order valence-electron chi connectivity index (χ3n) is 3.80. The Bertz CT molecular complexity index is 604. The molecule has 1 atom stereocenters. The number of carbonyl (C=O) groups is 1. The van der Waals surface area contributed by atoms with Crippen LogP contribution in [0.15, 0.2) is 42.9 Å². The third kappa shape index (κ3) is 3.58. The third-order valence-corrected chi connectivity index (χ3v) is 3.80. The zero-order valence-electron chi connectivity index (χ0n) is 12.4. The number of piperidine rings is 1. The number of aromatic nitrogens is 3. The normalized spacial score (nSPS) is 18.0. The van der Waals surface area contributed by atoms with Crippen molar-refractivity contribution in [1.29, 1.82) is 0 Å². The fourth-order valence-electron chi connectivity index (χ4n) is 2.65. The van der Waals surface area contributed by atoms with E-state index in [4.69, 9.17) is 0 Å². The summed E-state index contributed by atoms with van der Waals surface area (Å²) in [5, 5.41) is 2.97. The summed E-state index contributed by atoms with van der Waals surface area (Å²) in [6.07, 6.45) is 7.06. The maximum absolute atomic E-state index is 12.3. The Balaban J connectivity index is 1.56. The Morgan fingerprint density at radius 1 is 1.18 bits per heavy atom. The molecule has 22 heavy (non-hydrogen) atoms. The van der Waals surface area contributed by atoms with Gasteiger partial charge in [-0.3, -0.25) is 9.78 Å². The number of carbonyl (C=O) groups excluding carboxylic acids is 1. The molecule has 3 heterocycles. The summed E-state index contributed by atoms with van der Waals surface area (Å²) in [6.45, 7) is 2.03. The van der Waals surface area contributed by atoms with Crippen LogP contribution in [-0.4, -0.2) is 33.9 Å². The highest BCUT2D eigenvalue weighted by atomic mass is 16.1. The molecule has 6 nitrogen and oxygen atoms in total. The highest BCUT2D eigenvalue weighted by Gasteiger charge is 2.26. The molecule has 0 saturated carbocycles. The highest BCUT2D eigenvalue weighted by molar-refractivity contribution is 5.79. The van der Waals surface area contributed by atoms with Crippen LogP contribution in [0.4, 0.5) is 5.95 Å². The molecule has 2 aromatic rings. The Morgan fingerprint density at radius 3 is 2.77 bits per heavy atom. The van der Waals surface area contributed by atoms with Gasteiger partial charge in [0.1, 0.15) is 0 Å². The summed E-state index contributed by atoms with van der Waals surface area (Å²) in [4.78, 5) is 27.2. The first kappa shape index (κ1) is 14.4. The number of hydrogen-bond acceptors (Lipinski definition) is 5. The van der Waals surface area contributed by atoms with Gasteiger partial charge < -0.3 is 10.2 Å². The summed E-state index contributed by atoms with van der Waals surface area (Å²) in [5.41, 5.74) is 0.870. The first-order chi connectivity index (χ1) is 10.8. The first-order valence-corrected chi connectivity index (χ1v) is 7.52. The first-order valence-electron chi connectivity index (χ1n) is 7.52. The van der Waals surface area contributed by atoms with Crippen LogP contribution in [-0.2, 0) is 11.3 Å². The molecule has 1 saturated heterocycles. The molecule has 1 amide bonds. The van der Waals surface area contributed by atoms with Gasteiger partial charge >= 0.3 is 0 Å². The van der Waals surface area contributed by atoms with E-state index < -0.39 is 0 Å². The minimum Gasteiger partial charge on any atom is -0.350 e. The summed E-state index contributed by atoms with van der Waals surface area (Å²) >= 11 is 0. The van der Waals surface area contributed by atoms with Crippen molar-refractivity contribution >= 4 is 11.9 Å². The molecule has 0 aliphatic carbocycles. The predicted molar refractivity (Wildman–Crippen MR) is 83.1 cm³/mol.